The number of aromatic nitrogens is 2. The number of aryl methyl sites for hydroxylation is 1. The smallest absolute Gasteiger partial charge is 0.145 e. The lowest BCUT2D eigenvalue weighted by Gasteiger charge is -2.05. The fourth-order valence-corrected chi connectivity index (χ4v) is 1.28. The van der Waals surface area contributed by atoms with Gasteiger partial charge in [-0.15, -0.1) is 0 Å². The Labute approximate surface area is 90.2 Å². The van der Waals surface area contributed by atoms with Crippen LogP contribution in [-0.4, -0.2) is 36.2 Å². The molecular weight excluding hydrogens is 194 g/mol. The number of hydrogen-bond donors (Lipinski definition) is 1. The largest absolute Gasteiger partial charge is 0.382 e. The Morgan fingerprint density at radius 3 is 2.67 bits per heavy atom. The molecular formula is C10H19N3O2. The zero-order valence-corrected chi connectivity index (χ0v) is 9.40. The fourth-order valence-electron chi connectivity index (χ4n) is 1.28. The van der Waals surface area contributed by atoms with Gasteiger partial charge in [-0.2, -0.15) is 5.10 Å². The summed E-state index contributed by atoms with van der Waals surface area (Å²) in [5, 5.41) is 4.13. The van der Waals surface area contributed by atoms with Gasteiger partial charge in [0.25, 0.3) is 0 Å². The van der Waals surface area contributed by atoms with Gasteiger partial charge >= 0.3 is 0 Å². The van der Waals surface area contributed by atoms with E-state index in [0.29, 0.717) is 25.6 Å². The molecule has 0 saturated carbocycles. The molecule has 0 amide bonds. The van der Waals surface area contributed by atoms with Gasteiger partial charge in [0.2, 0.25) is 0 Å². The second kappa shape index (κ2) is 6.42. The minimum Gasteiger partial charge on any atom is -0.382 e. The first-order valence-corrected chi connectivity index (χ1v) is 5.19. The van der Waals surface area contributed by atoms with E-state index in [1.54, 1.807) is 0 Å². The lowest BCUT2D eigenvalue weighted by molar-refractivity contribution is 0.0486. The van der Waals surface area contributed by atoms with Crippen molar-refractivity contribution in [3.63, 3.8) is 0 Å². The SMILES string of the molecule is CCOCCOCCn1nc(N)cc1C. The van der Waals surface area contributed by atoms with E-state index in [-0.39, 0.29) is 0 Å². The quantitative estimate of drug-likeness (QED) is 0.681. The van der Waals surface area contributed by atoms with Gasteiger partial charge in [0.05, 0.1) is 26.4 Å². The van der Waals surface area contributed by atoms with Gasteiger partial charge in [-0.1, -0.05) is 0 Å². The first-order chi connectivity index (χ1) is 7.24. The molecule has 0 fully saturated rings. The van der Waals surface area contributed by atoms with Crippen LogP contribution in [0, 0.1) is 6.92 Å². The van der Waals surface area contributed by atoms with Gasteiger partial charge in [0.15, 0.2) is 0 Å². The van der Waals surface area contributed by atoms with Crippen molar-refractivity contribution in [3.8, 4) is 0 Å². The van der Waals surface area contributed by atoms with Crippen LogP contribution in [0.5, 0.6) is 0 Å². The van der Waals surface area contributed by atoms with Crippen molar-refractivity contribution in [1.82, 2.24) is 9.78 Å². The molecule has 1 aromatic rings. The van der Waals surface area contributed by atoms with Gasteiger partial charge in [0, 0.05) is 18.4 Å². The Morgan fingerprint density at radius 2 is 2.07 bits per heavy atom. The number of ether oxygens (including phenoxy) is 2. The zero-order valence-electron chi connectivity index (χ0n) is 9.40. The molecule has 0 aliphatic rings. The van der Waals surface area contributed by atoms with Crippen LogP contribution < -0.4 is 5.73 Å². The van der Waals surface area contributed by atoms with Gasteiger partial charge in [-0.05, 0) is 13.8 Å². The Balaban J connectivity index is 2.12. The molecule has 15 heavy (non-hydrogen) atoms. The Morgan fingerprint density at radius 1 is 1.33 bits per heavy atom. The third-order valence-electron chi connectivity index (χ3n) is 2.02. The van der Waals surface area contributed by atoms with Crippen LogP contribution in [0.15, 0.2) is 6.07 Å². The van der Waals surface area contributed by atoms with Crippen LogP contribution in [0.2, 0.25) is 0 Å². The summed E-state index contributed by atoms with van der Waals surface area (Å²) >= 11 is 0. The predicted octanol–water partition coefficient (Wildman–Crippen LogP) is 0.827. The molecule has 0 unspecified atom stereocenters. The number of hydrogen-bond acceptors (Lipinski definition) is 4. The Hall–Kier alpha value is -1.07. The number of nitrogens with zero attached hydrogens (tertiary/aromatic N) is 2. The standard InChI is InChI=1S/C10H19N3O2/c1-3-14-6-7-15-5-4-13-9(2)8-10(11)12-13/h8H,3-7H2,1-2H3,(H2,11,12). The average Bonchev–Trinajstić information content (AvgIpc) is 2.51. The molecule has 1 rings (SSSR count). The molecule has 1 heterocycles. The van der Waals surface area contributed by atoms with E-state index in [2.05, 4.69) is 5.10 Å². The molecule has 0 atom stereocenters. The minimum absolute atomic E-state index is 0.557. The van der Waals surface area contributed by atoms with Crippen molar-refractivity contribution < 1.29 is 9.47 Å². The molecule has 0 aromatic carbocycles. The van der Waals surface area contributed by atoms with Gasteiger partial charge in [-0.25, -0.2) is 0 Å². The van der Waals surface area contributed by atoms with Crippen LogP contribution in [0.1, 0.15) is 12.6 Å². The van der Waals surface area contributed by atoms with Crippen LogP contribution in [-0.2, 0) is 16.0 Å². The average molecular weight is 213 g/mol. The summed E-state index contributed by atoms with van der Waals surface area (Å²) in [5.74, 6) is 0.557. The number of nitrogen functional groups attached to an aromatic ring is 1. The first kappa shape index (κ1) is 12.0. The van der Waals surface area contributed by atoms with Crippen LogP contribution in [0.25, 0.3) is 0 Å². The highest BCUT2D eigenvalue weighted by atomic mass is 16.5. The van der Waals surface area contributed by atoms with E-state index >= 15 is 0 Å². The summed E-state index contributed by atoms with van der Waals surface area (Å²) in [6.45, 7) is 7.32. The monoisotopic (exact) mass is 213 g/mol. The lowest BCUT2D eigenvalue weighted by Crippen LogP contribution is -2.12. The molecule has 0 saturated heterocycles. The van der Waals surface area contributed by atoms with Crippen LogP contribution in [0.3, 0.4) is 0 Å². The maximum Gasteiger partial charge on any atom is 0.145 e. The van der Waals surface area contributed by atoms with Gasteiger partial charge in [-0.3, -0.25) is 4.68 Å². The van der Waals surface area contributed by atoms with Crippen molar-refractivity contribution in [1.29, 1.82) is 0 Å². The number of rotatable bonds is 7. The molecule has 0 aliphatic heterocycles. The summed E-state index contributed by atoms with van der Waals surface area (Å²) in [4.78, 5) is 0. The normalized spacial score (nSPS) is 10.8. The third-order valence-corrected chi connectivity index (χ3v) is 2.02. The van der Waals surface area contributed by atoms with E-state index in [0.717, 1.165) is 18.8 Å². The molecule has 5 heteroatoms. The summed E-state index contributed by atoms with van der Waals surface area (Å²) in [7, 11) is 0. The Kier molecular flexibility index (Phi) is 5.14. The van der Waals surface area contributed by atoms with Crippen molar-refractivity contribution in [2.24, 2.45) is 0 Å². The van der Waals surface area contributed by atoms with E-state index in [4.69, 9.17) is 15.2 Å². The van der Waals surface area contributed by atoms with Crippen molar-refractivity contribution in [2.45, 2.75) is 20.4 Å². The molecule has 5 nitrogen and oxygen atoms in total. The topological polar surface area (TPSA) is 62.3 Å². The van der Waals surface area contributed by atoms with E-state index in [1.807, 2.05) is 24.6 Å². The molecule has 0 bridgehead atoms. The third kappa shape index (κ3) is 4.31. The molecule has 0 radical (unpaired) electrons. The van der Waals surface area contributed by atoms with E-state index in [1.165, 1.54) is 0 Å². The molecule has 0 spiro atoms. The maximum atomic E-state index is 5.56. The highest BCUT2D eigenvalue weighted by Crippen LogP contribution is 2.03. The highest BCUT2D eigenvalue weighted by molar-refractivity contribution is 5.28. The molecule has 0 aliphatic carbocycles. The maximum absolute atomic E-state index is 5.56. The minimum atomic E-state index is 0.557. The predicted molar refractivity (Wildman–Crippen MR) is 58.7 cm³/mol. The van der Waals surface area contributed by atoms with Gasteiger partial charge in [0.1, 0.15) is 5.82 Å². The lowest BCUT2D eigenvalue weighted by atomic mass is 10.4. The van der Waals surface area contributed by atoms with Crippen molar-refractivity contribution in [3.05, 3.63) is 11.8 Å². The van der Waals surface area contributed by atoms with E-state index < -0.39 is 0 Å². The van der Waals surface area contributed by atoms with Crippen molar-refractivity contribution >= 4 is 5.82 Å². The van der Waals surface area contributed by atoms with E-state index in [9.17, 15) is 0 Å². The summed E-state index contributed by atoms with van der Waals surface area (Å²) in [5.41, 5.74) is 6.61. The zero-order chi connectivity index (χ0) is 11.1. The number of anilines is 1. The second-order valence-corrected chi connectivity index (χ2v) is 3.24. The van der Waals surface area contributed by atoms with Crippen LogP contribution in [0.4, 0.5) is 5.82 Å². The fraction of sp³-hybridized carbons (Fsp3) is 0.700. The second-order valence-electron chi connectivity index (χ2n) is 3.24. The Bertz CT molecular complexity index is 286. The van der Waals surface area contributed by atoms with Crippen LogP contribution >= 0.6 is 0 Å². The summed E-state index contributed by atoms with van der Waals surface area (Å²) in [6.07, 6.45) is 0. The van der Waals surface area contributed by atoms with Crippen molar-refractivity contribution in [2.75, 3.05) is 32.2 Å². The van der Waals surface area contributed by atoms with Gasteiger partial charge < -0.3 is 15.2 Å². The molecule has 1 aromatic heterocycles. The summed E-state index contributed by atoms with van der Waals surface area (Å²) < 4.78 is 12.4. The first-order valence-electron chi connectivity index (χ1n) is 5.19. The summed E-state index contributed by atoms with van der Waals surface area (Å²) in [6, 6.07) is 1.85. The number of nitrogens with two attached hydrogens (primary N) is 1. The molecule has 86 valence electrons. The molecule has 2 N–H and O–H groups in total. The highest BCUT2D eigenvalue weighted by Gasteiger charge is 2.00.